The van der Waals surface area contributed by atoms with Gasteiger partial charge in [0.25, 0.3) is 0 Å². The minimum absolute atomic E-state index is 0.0371. The van der Waals surface area contributed by atoms with Crippen molar-refractivity contribution in [3.8, 4) is 5.75 Å². The molecule has 0 saturated carbocycles. The van der Waals surface area contributed by atoms with Crippen molar-refractivity contribution in [2.45, 2.75) is 25.3 Å². The van der Waals surface area contributed by atoms with E-state index in [1.165, 1.54) is 13.2 Å². The summed E-state index contributed by atoms with van der Waals surface area (Å²) in [5.41, 5.74) is -0.138. The molecule has 0 aliphatic carbocycles. The first-order chi connectivity index (χ1) is 7.57. The minimum atomic E-state index is -0.487. The van der Waals surface area contributed by atoms with E-state index in [-0.39, 0.29) is 5.75 Å². The van der Waals surface area contributed by atoms with Gasteiger partial charge in [-0.15, -0.1) is 0 Å². The molecule has 1 unspecified atom stereocenters. The fourth-order valence-electron chi connectivity index (χ4n) is 2.24. The number of hydrogen-bond donors (Lipinski definition) is 1. The maximum atomic E-state index is 14.0. The predicted octanol–water partition coefficient (Wildman–Crippen LogP) is 2.57. The molecule has 0 bridgehead atoms. The lowest BCUT2D eigenvalue weighted by Gasteiger charge is -2.26. The Kier molecular flexibility index (Phi) is 2.84. The highest BCUT2D eigenvalue weighted by Crippen LogP contribution is 2.35. The van der Waals surface area contributed by atoms with Crippen LogP contribution >= 0.6 is 0 Å². The second-order valence-electron chi connectivity index (χ2n) is 4.33. The molecule has 1 aromatic rings. The molecule has 1 saturated heterocycles. The number of halogens is 2. The second-order valence-corrected chi connectivity index (χ2v) is 4.33. The van der Waals surface area contributed by atoms with E-state index in [2.05, 4.69) is 5.32 Å². The molecule has 1 aliphatic rings. The highest BCUT2D eigenvalue weighted by molar-refractivity contribution is 5.36. The van der Waals surface area contributed by atoms with Gasteiger partial charge in [0.2, 0.25) is 0 Å². The van der Waals surface area contributed by atoms with Gasteiger partial charge in [-0.2, -0.15) is 0 Å². The van der Waals surface area contributed by atoms with E-state index in [0.29, 0.717) is 5.56 Å². The zero-order chi connectivity index (χ0) is 11.8. The molecule has 1 heterocycles. The van der Waals surface area contributed by atoms with E-state index in [9.17, 15) is 8.78 Å². The summed E-state index contributed by atoms with van der Waals surface area (Å²) in [7, 11) is 1.34. The smallest absolute Gasteiger partial charge is 0.170 e. The molecule has 0 radical (unpaired) electrons. The van der Waals surface area contributed by atoms with E-state index >= 15 is 0 Å². The number of methoxy groups -OCH3 is 1. The number of ether oxygens (including phenoxy) is 1. The molecular formula is C12H15F2NO. The molecule has 4 heteroatoms. The summed E-state index contributed by atoms with van der Waals surface area (Å²) >= 11 is 0. The van der Waals surface area contributed by atoms with Crippen LogP contribution in [0, 0.1) is 11.6 Å². The van der Waals surface area contributed by atoms with Gasteiger partial charge in [0.05, 0.1) is 7.11 Å². The van der Waals surface area contributed by atoms with E-state index in [4.69, 9.17) is 4.74 Å². The molecule has 1 aliphatic heterocycles. The summed E-state index contributed by atoms with van der Waals surface area (Å²) in [6, 6.07) is 2.31. The fraction of sp³-hybridized carbons (Fsp3) is 0.500. The van der Waals surface area contributed by atoms with Crippen LogP contribution in [0.3, 0.4) is 0 Å². The quantitative estimate of drug-likeness (QED) is 0.838. The standard InChI is InChI=1S/C12H15F2NO/c1-12(4-3-5-15-12)9-6-8(13)7-10(16-2)11(9)14/h6-7,15H,3-5H2,1-2H3. The van der Waals surface area contributed by atoms with Crippen LogP contribution in [0.15, 0.2) is 12.1 Å². The van der Waals surface area contributed by atoms with Crippen molar-refractivity contribution < 1.29 is 13.5 Å². The Labute approximate surface area is 93.6 Å². The van der Waals surface area contributed by atoms with Crippen molar-refractivity contribution in [2.75, 3.05) is 13.7 Å². The molecule has 0 spiro atoms. The first kappa shape index (κ1) is 11.3. The molecule has 0 amide bonds. The van der Waals surface area contributed by atoms with Gasteiger partial charge in [0.1, 0.15) is 5.82 Å². The van der Waals surface area contributed by atoms with Crippen molar-refractivity contribution in [1.29, 1.82) is 0 Å². The number of benzene rings is 1. The Morgan fingerprint density at radius 1 is 1.38 bits per heavy atom. The molecule has 1 atom stereocenters. The highest BCUT2D eigenvalue weighted by Gasteiger charge is 2.34. The molecule has 16 heavy (non-hydrogen) atoms. The van der Waals surface area contributed by atoms with Gasteiger partial charge in [-0.3, -0.25) is 0 Å². The maximum absolute atomic E-state index is 14.0. The van der Waals surface area contributed by atoms with Crippen LogP contribution in [0.2, 0.25) is 0 Å². The second kappa shape index (κ2) is 4.01. The third kappa shape index (κ3) is 1.78. The number of hydrogen-bond acceptors (Lipinski definition) is 2. The molecule has 2 nitrogen and oxygen atoms in total. The third-order valence-corrected chi connectivity index (χ3v) is 3.19. The molecule has 0 aromatic heterocycles. The van der Waals surface area contributed by atoms with Crippen LogP contribution in [-0.4, -0.2) is 13.7 Å². The predicted molar refractivity (Wildman–Crippen MR) is 57.5 cm³/mol. The van der Waals surface area contributed by atoms with Crippen molar-refractivity contribution in [1.82, 2.24) is 5.32 Å². The first-order valence-electron chi connectivity index (χ1n) is 5.35. The van der Waals surface area contributed by atoms with Crippen LogP contribution < -0.4 is 10.1 Å². The Morgan fingerprint density at radius 2 is 2.12 bits per heavy atom. The SMILES string of the molecule is COc1cc(F)cc(C2(C)CCCN2)c1F. The fourth-order valence-corrected chi connectivity index (χ4v) is 2.24. The Bertz CT molecular complexity index is 400. The van der Waals surface area contributed by atoms with E-state index < -0.39 is 17.2 Å². The molecule has 88 valence electrons. The van der Waals surface area contributed by atoms with Crippen LogP contribution in [0.5, 0.6) is 5.75 Å². The van der Waals surface area contributed by atoms with Crippen LogP contribution in [-0.2, 0) is 5.54 Å². The lowest BCUT2D eigenvalue weighted by atomic mass is 9.90. The third-order valence-electron chi connectivity index (χ3n) is 3.19. The highest BCUT2D eigenvalue weighted by atomic mass is 19.1. The van der Waals surface area contributed by atoms with E-state index in [0.717, 1.165) is 25.5 Å². The van der Waals surface area contributed by atoms with Crippen molar-refractivity contribution >= 4 is 0 Å². The zero-order valence-electron chi connectivity index (χ0n) is 9.44. The topological polar surface area (TPSA) is 21.3 Å². The largest absolute Gasteiger partial charge is 0.494 e. The minimum Gasteiger partial charge on any atom is -0.494 e. The Balaban J connectivity index is 2.51. The van der Waals surface area contributed by atoms with Gasteiger partial charge in [-0.05, 0) is 32.4 Å². The molecule has 1 aromatic carbocycles. The number of nitrogens with one attached hydrogen (secondary N) is 1. The lowest BCUT2D eigenvalue weighted by Crippen LogP contribution is -2.34. The normalized spacial score (nSPS) is 24.8. The first-order valence-corrected chi connectivity index (χ1v) is 5.35. The van der Waals surface area contributed by atoms with E-state index in [1.807, 2.05) is 6.92 Å². The summed E-state index contributed by atoms with van der Waals surface area (Å²) in [6.45, 7) is 2.71. The van der Waals surface area contributed by atoms with Gasteiger partial charge < -0.3 is 10.1 Å². The van der Waals surface area contributed by atoms with Gasteiger partial charge >= 0.3 is 0 Å². The van der Waals surface area contributed by atoms with E-state index in [1.54, 1.807) is 0 Å². The van der Waals surface area contributed by atoms with Crippen LogP contribution in [0.1, 0.15) is 25.3 Å². The van der Waals surface area contributed by atoms with Crippen molar-refractivity contribution in [3.63, 3.8) is 0 Å². The average molecular weight is 227 g/mol. The Morgan fingerprint density at radius 3 is 2.69 bits per heavy atom. The lowest BCUT2D eigenvalue weighted by molar-refractivity contribution is 0.358. The van der Waals surface area contributed by atoms with Gasteiger partial charge in [-0.1, -0.05) is 0 Å². The summed E-state index contributed by atoms with van der Waals surface area (Å²) in [6.07, 6.45) is 1.77. The molecule has 1 N–H and O–H groups in total. The average Bonchev–Trinajstić information content (AvgIpc) is 2.69. The summed E-state index contributed by atoms with van der Waals surface area (Å²) in [4.78, 5) is 0. The van der Waals surface area contributed by atoms with Gasteiger partial charge in [0.15, 0.2) is 11.6 Å². The zero-order valence-corrected chi connectivity index (χ0v) is 9.44. The van der Waals surface area contributed by atoms with Gasteiger partial charge in [0, 0.05) is 17.2 Å². The number of rotatable bonds is 2. The summed E-state index contributed by atoms with van der Waals surface area (Å²) in [5.74, 6) is -0.978. The van der Waals surface area contributed by atoms with Crippen LogP contribution in [0.25, 0.3) is 0 Å². The summed E-state index contributed by atoms with van der Waals surface area (Å²) < 4.78 is 32.2. The molecule has 1 fully saturated rings. The van der Waals surface area contributed by atoms with Crippen molar-refractivity contribution in [2.24, 2.45) is 0 Å². The molecular weight excluding hydrogens is 212 g/mol. The molecule has 2 rings (SSSR count). The van der Waals surface area contributed by atoms with Crippen molar-refractivity contribution in [3.05, 3.63) is 29.3 Å². The summed E-state index contributed by atoms with van der Waals surface area (Å²) in [5, 5.41) is 3.21. The Hall–Kier alpha value is -1.16. The van der Waals surface area contributed by atoms with Crippen LogP contribution in [0.4, 0.5) is 8.78 Å². The monoisotopic (exact) mass is 227 g/mol. The maximum Gasteiger partial charge on any atom is 0.170 e. The van der Waals surface area contributed by atoms with Gasteiger partial charge in [-0.25, -0.2) is 8.78 Å².